The van der Waals surface area contributed by atoms with Gasteiger partial charge in [-0.15, -0.1) is 0 Å². The third-order valence-electron chi connectivity index (χ3n) is 3.26. The van der Waals surface area contributed by atoms with Crippen LogP contribution in [0.2, 0.25) is 0 Å². The molecule has 0 aliphatic carbocycles. The first-order valence-electron chi connectivity index (χ1n) is 5.98. The van der Waals surface area contributed by atoms with E-state index in [2.05, 4.69) is 11.0 Å². The minimum absolute atomic E-state index is 0.357. The van der Waals surface area contributed by atoms with E-state index in [4.69, 9.17) is 5.73 Å². The Hall–Kier alpha value is -1.06. The smallest absolute Gasteiger partial charge is 0.115 e. The van der Waals surface area contributed by atoms with E-state index in [1.54, 1.807) is 6.07 Å². The molecule has 0 bridgehead atoms. The molecular weight excluding hydrogens is 200 g/mol. The molecule has 1 atom stereocenters. The first-order chi connectivity index (χ1) is 7.78. The number of hydrogen-bond acceptors (Lipinski definition) is 3. The van der Waals surface area contributed by atoms with Crippen molar-refractivity contribution in [3.8, 4) is 5.75 Å². The SMILES string of the molecule is NCCC1CCN(Cc2cccc(O)c2)C1. The topological polar surface area (TPSA) is 49.5 Å². The number of rotatable bonds is 4. The van der Waals surface area contributed by atoms with Crippen molar-refractivity contribution < 1.29 is 5.11 Å². The zero-order valence-electron chi connectivity index (χ0n) is 9.60. The highest BCUT2D eigenvalue weighted by atomic mass is 16.3. The second-order valence-corrected chi connectivity index (χ2v) is 4.64. The molecule has 1 aliphatic rings. The fourth-order valence-electron chi connectivity index (χ4n) is 2.44. The van der Waals surface area contributed by atoms with Crippen LogP contribution in [0.3, 0.4) is 0 Å². The average molecular weight is 220 g/mol. The molecular formula is C13H20N2O. The molecule has 16 heavy (non-hydrogen) atoms. The van der Waals surface area contributed by atoms with E-state index in [1.165, 1.54) is 12.0 Å². The monoisotopic (exact) mass is 220 g/mol. The molecule has 1 unspecified atom stereocenters. The van der Waals surface area contributed by atoms with Gasteiger partial charge in [0.15, 0.2) is 0 Å². The highest BCUT2D eigenvalue weighted by molar-refractivity contribution is 5.27. The van der Waals surface area contributed by atoms with Gasteiger partial charge in [-0.1, -0.05) is 12.1 Å². The second kappa shape index (κ2) is 5.32. The quantitative estimate of drug-likeness (QED) is 0.809. The number of hydrogen-bond donors (Lipinski definition) is 2. The summed E-state index contributed by atoms with van der Waals surface area (Å²) in [6, 6.07) is 7.52. The van der Waals surface area contributed by atoms with Crippen LogP contribution in [0.5, 0.6) is 5.75 Å². The van der Waals surface area contributed by atoms with Gasteiger partial charge >= 0.3 is 0 Å². The minimum Gasteiger partial charge on any atom is -0.508 e. The van der Waals surface area contributed by atoms with Crippen LogP contribution in [-0.4, -0.2) is 29.6 Å². The molecule has 1 aromatic carbocycles. The lowest BCUT2D eigenvalue weighted by Crippen LogP contribution is -2.20. The van der Waals surface area contributed by atoms with Gasteiger partial charge in [0, 0.05) is 13.1 Å². The highest BCUT2D eigenvalue weighted by Gasteiger charge is 2.21. The summed E-state index contributed by atoms with van der Waals surface area (Å²) in [6.07, 6.45) is 2.40. The van der Waals surface area contributed by atoms with Crippen molar-refractivity contribution in [2.75, 3.05) is 19.6 Å². The van der Waals surface area contributed by atoms with Crippen molar-refractivity contribution in [1.82, 2.24) is 4.90 Å². The Bertz CT molecular complexity index is 340. The third kappa shape index (κ3) is 2.97. The number of likely N-dealkylation sites (tertiary alicyclic amines) is 1. The van der Waals surface area contributed by atoms with Crippen molar-refractivity contribution in [3.05, 3.63) is 29.8 Å². The van der Waals surface area contributed by atoms with Crippen molar-refractivity contribution >= 4 is 0 Å². The lowest BCUT2D eigenvalue weighted by atomic mass is 10.1. The molecule has 1 aromatic rings. The predicted molar refractivity (Wildman–Crippen MR) is 65.2 cm³/mol. The number of phenols is 1. The van der Waals surface area contributed by atoms with Gasteiger partial charge in [0.05, 0.1) is 0 Å². The van der Waals surface area contributed by atoms with E-state index in [0.29, 0.717) is 5.75 Å². The predicted octanol–water partition coefficient (Wildman–Crippen LogP) is 1.56. The van der Waals surface area contributed by atoms with Gasteiger partial charge in [0.2, 0.25) is 0 Å². The number of aromatic hydroxyl groups is 1. The van der Waals surface area contributed by atoms with Crippen LogP contribution in [0, 0.1) is 5.92 Å². The normalized spacial score (nSPS) is 21.4. The van der Waals surface area contributed by atoms with Crippen LogP contribution in [-0.2, 0) is 6.54 Å². The summed E-state index contributed by atoms with van der Waals surface area (Å²) in [5.74, 6) is 1.12. The first-order valence-corrected chi connectivity index (χ1v) is 5.98. The molecule has 1 saturated heterocycles. The van der Waals surface area contributed by atoms with Gasteiger partial charge in [-0.25, -0.2) is 0 Å². The van der Waals surface area contributed by atoms with Gasteiger partial charge in [-0.2, -0.15) is 0 Å². The molecule has 3 nitrogen and oxygen atoms in total. The van der Waals surface area contributed by atoms with Gasteiger partial charge in [0.1, 0.15) is 5.75 Å². The Morgan fingerprint density at radius 2 is 2.31 bits per heavy atom. The van der Waals surface area contributed by atoms with Crippen LogP contribution >= 0.6 is 0 Å². The Balaban J connectivity index is 1.87. The number of phenolic OH excluding ortho intramolecular Hbond substituents is 1. The summed E-state index contributed by atoms with van der Waals surface area (Å²) in [7, 11) is 0. The molecule has 0 aromatic heterocycles. The van der Waals surface area contributed by atoms with Crippen molar-refractivity contribution in [1.29, 1.82) is 0 Å². The lowest BCUT2D eigenvalue weighted by Gasteiger charge is -2.16. The molecule has 0 radical (unpaired) electrons. The number of benzene rings is 1. The summed E-state index contributed by atoms with van der Waals surface area (Å²) < 4.78 is 0. The molecule has 0 saturated carbocycles. The van der Waals surface area contributed by atoms with Gasteiger partial charge in [-0.05, 0) is 49.5 Å². The Morgan fingerprint density at radius 3 is 3.06 bits per heavy atom. The van der Waals surface area contributed by atoms with Gasteiger partial charge < -0.3 is 10.8 Å². The number of nitrogens with zero attached hydrogens (tertiary/aromatic N) is 1. The standard InChI is InChI=1S/C13H20N2O/c14-6-4-11-5-7-15(9-11)10-12-2-1-3-13(16)8-12/h1-3,8,11,16H,4-7,9-10,14H2. The molecule has 3 heteroatoms. The van der Waals surface area contributed by atoms with Gasteiger partial charge in [-0.3, -0.25) is 4.90 Å². The minimum atomic E-state index is 0.357. The molecule has 2 rings (SSSR count). The Labute approximate surface area is 96.9 Å². The van der Waals surface area contributed by atoms with Crippen molar-refractivity contribution in [3.63, 3.8) is 0 Å². The second-order valence-electron chi connectivity index (χ2n) is 4.64. The van der Waals surface area contributed by atoms with Crippen LogP contribution in [0.25, 0.3) is 0 Å². The summed E-state index contributed by atoms with van der Waals surface area (Å²) in [6.45, 7) is 4.04. The van der Waals surface area contributed by atoms with E-state index in [9.17, 15) is 5.11 Å². The third-order valence-corrected chi connectivity index (χ3v) is 3.26. The summed E-state index contributed by atoms with van der Waals surface area (Å²) in [4.78, 5) is 2.44. The molecule has 88 valence electrons. The zero-order chi connectivity index (χ0) is 11.4. The summed E-state index contributed by atoms with van der Waals surface area (Å²) >= 11 is 0. The van der Waals surface area contributed by atoms with Crippen molar-refractivity contribution in [2.24, 2.45) is 11.7 Å². The maximum atomic E-state index is 9.39. The van der Waals surface area contributed by atoms with Crippen LogP contribution < -0.4 is 5.73 Å². The maximum Gasteiger partial charge on any atom is 0.115 e. The molecule has 1 fully saturated rings. The van der Waals surface area contributed by atoms with Gasteiger partial charge in [0.25, 0.3) is 0 Å². The van der Waals surface area contributed by atoms with Crippen molar-refractivity contribution in [2.45, 2.75) is 19.4 Å². The molecule has 0 spiro atoms. The molecule has 3 N–H and O–H groups in total. The number of nitrogens with two attached hydrogens (primary N) is 1. The van der Waals surface area contributed by atoms with E-state index in [1.807, 2.05) is 12.1 Å². The maximum absolute atomic E-state index is 9.39. The lowest BCUT2D eigenvalue weighted by molar-refractivity contribution is 0.313. The molecule has 1 aliphatic heterocycles. The summed E-state index contributed by atoms with van der Waals surface area (Å²) in [5.41, 5.74) is 6.76. The molecule has 1 heterocycles. The largest absolute Gasteiger partial charge is 0.508 e. The van der Waals surface area contributed by atoms with E-state index in [-0.39, 0.29) is 0 Å². The van der Waals surface area contributed by atoms with Crippen LogP contribution in [0.15, 0.2) is 24.3 Å². The first kappa shape index (κ1) is 11.4. The van der Waals surface area contributed by atoms with Crippen LogP contribution in [0.1, 0.15) is 18.4 Å². The fraction of sp³-hybridized carbons (Fsp3) is 0.538. The fourth-order valence-corrected chi connectivity index (χ4v) is 2.44. The average Bonchev–Trinajstić information content (AvgIpc) is 2.66. The van der Waals surface area contributed by atoms with E-state index < -0.39 is 0 Å². The van der Waals surface area contributed by atoms with E-state index >= 15 is 0 Å². The highest BCUT2D eigenvalue weighted by Crippen LogP contribution is 2.21. The van der Waals surface area contributed by atoms with E-state index in [0.717, 1.165) is 38.5 Å². The Morgan fingerprint density at radius 1 is 1.44 bits per heavy atom. The Kier molecular flexibility index (Phi) is 3.80. The summed E-state index contributed by atoms with van der Waals surface area (Å²) in [5, 5.41) is 9.39. The molecule has 0 amide bonds. The zero-order valence-corrected chi connectivity index (χ0v) is 9.60. The van der Waals surface area contributed by atoms with Crippen LogP contribution in [0.4, 0.5) is 0 Å².